The summed E-state index contributed by atoms with van der Waals surface area (Å²) in [6, 6.07) is 9.19. The molecule has 4 nitrogen and oxygen atoms in total. The Morgan fingerprint density at radius 1 is 1.08 bits per heavy atom. The molecule has 1 aromatic heterocycles. The SMILES string of the molecule is CN1CCCCC1CCN1CCC(Oc2cccc3[nH]ccc23)CC1. The van der Waals surface area contributed by atoms with E-state index >= 15 is 0 Å². The van der Waals surface area contributed by atoms with Gasteiger partial charge in [-0.25, -0.2) is 0 Å². The smallest absolute Gasteiger partial charge is 0.129 e. The lowest BCUT2D eigenvalue weighted by atomic mass is 9.99. The number of benzene rings is 1. The number of nitrogens with one attached hydrogen (secondary N) is 1. The molecule has 1 N–H and O–H groups in total. The number of rotatable bonds is 5. The largest absolute Gasteiger partial charge is 0.490 e. The lowest BCUT2D eigenvalue weighted by molar-refractivity contribution is 0.0900. The van der Waals surface area contributed by atoms with E-state index in [1.54, 1.807) is 0 Å². The molecule has 1 atom stereocenters. The van der Waals surface area contributed by atoms with Crippen molar-refractivity contribution >= 4 is 10.9 Å². The van der Waals surface area contributed by atoms with Crippen LogP contribution in [-0.2, 0) is 0 Å². The van der Waals surface area contributed by atoms with Gasteiger partial charge in [-0.15, -0.1) is 0 Å². The first kappa shape index (κ1) is 16.9. The molecule has 4 rings (SSSR count). The van der Waals surface area contributed by atoms with Crippen LogP contribution in [0.1, 0.15) is 38.5 Å². The van der Waals surface area contributed by atoms with Crippen molar-refractivity contribution in [1.29, 1.82) is 0 Å². The molecular weight excluding hydrogens is 310 g/mol. The molecule has 25 heavy (non-hydrogen) atoms. The predicted molar refractivity (Wildman–Crippen MR) is 103 cm³/mol. The van der Waals surface area contributed by atoms with Crippen LogP contribution in [0.3, 0.4) is 0 Å². The molecular formula is C21H31N3O. The summed E-state index contributed by atoms with van der Waals surface area (Å²) in [5.41, 5.74) is 1.16. The fourth-order valence-electron chi connectivity index (χ4n) is 4.43. The number of H-pyrrole nitrogens is 1. The number of hydrogen-bond donors (Lipinski definition) is 1. The van der Waals surface area contributed by atoms with Crippen LogP contribution in [0.5, 0.6) is 5.75 Å². The Kier molecular flexibility index (Phi) is 5.28. The van der Waals surface area contributed by atoms with Crippen LogP contribution in [-0.4, -0.2) is 60.2 Å². The van der Waals surface area contributed by atoms with Crippen LogP contribution in [0.15, 0.2) is 30.5 Å². The summed E-state index contributed by atoms with van der Waals surface area (Å²) >= 11 is 0. The summed E-state index contributed by atoms with van der Waals surface area (Å²) < 4.78 is 6.33. The maximum absolute atomic E-state index is 6.33. The van der Waals surface area contributed by atoms with Gasteiger partial charge in [0, 0.05) is 36.2 Å². The van der Waals surface area contributed by atoms with E-state index in [0.29, 0.717) is 6.10 Å². The van der Waals surface area contributed by atoms with E-state index < -0.39 is 0 Å². The fourth-order valence-corrected chi connectivity index (χ4v) is 4.43. The molecule has 2 aliphatic rings. The van der Waals surface area contributed by atoms with Gasteiger partial charge in [-0.2, -0.15) is 0 Å². The third kappa shape index (κ3) is 4.01. The highest BCUT2D eigenvalue weighted by atomic mass is 16.5. The van der Waals surface area contributed by atoms with Gasteiger partial charge in [0.05, 0.1) is 0 Å². The highest BCUT2D eigenvalue weighted by Gasteiger charge is 2.23. The number of aromatic amines is 1. The van der Waals surface area contributed by atoms with Crippen LogP contribution in [0.25, 0.3) is 10.9 Å². The quantitative estimate of drug-likeness (QED) is 0.895. The van der Waals surface area contributed by atoms with E-state index in [4.69, 9.17) is 4.74 Å². The maximum atomic E-state index is 6.33. The van der Waals surface area contributed by atoms with Crippen LogP contribution in [0, 0.1) is 0 Å². The molecule has 2 aromatic rings. The number of likely N-dealkylation sites (tertiary alicyclic amines) is 2. The third-order valence-electron chi connectivity index (χ3n) is 6.08. The zero-order valence-corrected chi connectivity index (χ0v) is 15.4. The van der Waals surface area contributed by atoms with Gasteiger partial charge in [0.25, 0.3) is 0 Å². The van der Waals surface area contributed by atoms with Gasteiger partial charge >= 0.3 is 0 Å². The standard InChI is InChI=1S/C21H31N3O/c1-23-13-3-2-5-17(23)9-14-24-15-10-18(11-16-24)25-21-7-4-6-20-19(21)8-12-22-20/h4,6-8,12,17-18,22H,2-3,5,9-11,13-16H2,1H3. The molecule has 1 aromatic carbocycles. The Balaban J connectivity index is 1.25. The van der Waals surface area contributed by atoms with Crippen LogP contribution < -0.4 is 4.74 Å². The van der Waals surface area contributed by atoms with Gasteiger partial charge in [-0.1, -0.05) is 12.5 Å². The van der Waals surface area contributed by atoms with Gasteiger partial charge in [0.1, 0.15) is 11.9 Å². The van der Waals surface area contributed by atoms with Gasteiger partial charge in [0.15, 0.2) is 0 Å². The molecule has 2 saturated heterocycles. The number of hydrogen-bond acceptors (Lipinski definition) is 3. The van der Waals surface area contributed by atoms with E-state index in [1.807, 2.05) is 6.20 Å². The second kappa shape index (κ2) is 7.79. The average Bonchev–Trinajstić information content (AvgIpc) is 3.12. The Hall–Kier alpha value is -1.52. The van der Waals surface area contributed by atoms with Crippen molar-refractivity contribution in [2.45, 2.75) is 50.7 Å². The van der Waals surface area contributed by atoms with E-state index in [2.05, 4.69) is 46.1 Å². The van der Waals surface area contributed by atoms with Gasteiger partial charge in [0.2, 0.25) is 0 Å². The molecule has 0 radical (unpaired) electrons. The lowest BCUT2D eigenvalue weighted by Crippen LogP contribution is -2.42. The van der Waals surface area contributed by atoms with Crippen molar-refractivity contribution in [1.82, 2.24) is 14.8 Å². The molecule has 0 amide bonds. The van der Waals surface area contributed by atoms with Gasteiger partial charge < -0.3 is 19.5 Å². The first-order chi connectivity index (χ1) is 12.3. The second-order valence-corrected chi connectivity index (χ2v) is 7.77. The molecule has 1 unspecified atom stereocenters. The summed E-state index contributed by atoms with van der Waals surface area (Å²) in [7, 11) is 2.30. The average molecular weight is 341 g/mol. The Bertz CT molecular complexity index is 675. The number of aromatic nitrogens is 1. The molecule has 0 aliphatic carbocycles. The Morgan fingerprint density at radius 2 is 1.96 bits per heavy atom. The second-order valence-electron chi connectivity index (χ2n) is 7.77. The first-order valence-corrected chi connectivity index (χ1v) is 9.95. The molecule has 4 heteroatoms. The van der Waals surface area contributed by atoms with Crippen molar-refractivity contribution in [3.63, 3.8) is 0 Å². The molecule has 3 heterocycles. The Morgan fingerprint density at radius 3 is 2.80 bits per heavy atom. The van der Waals surface area contributed by atoms with Crippen LogP contribution in [0.2, 0.25) is 0 Å². The number of ether oxygens (including phenoxy) is 1. The summed E-state index contributed by atoms with van der Waals surface area (Å²) in [6.45, 7) is 4.87. The van der Waals surface area contributed by atoms with Crippen molar-refractivity contribution in [3.05, 3.63) is 30.5 Å². The van der Waals surface area contributed by atoms with Crippen LogP contribution in [0.4, 0.5) is 0 Å². The Labute approximate surface area is 151 Å². The molecule has 136 valence electrons. The number of fused-ring (bicyclic) bond motifs is 1. The summed E-state index contributed by atoms with van der Waals surface area (Å²) in [5, 5.41) is 1.20. The van der Waals surface area contributed by atoms with E-state index in [1.165, 1.54) is 57.2 Å². The highest BCUT2D eigenvalue weighted by molar-refractivity contribution is 5.85. The molecule has 0 saturated carbocycles. The number of nitrogens with zero attached hydrogens (tertiary/aromatic N) is 2. The molecule has 0 bridgehead atoms. The van der Waals surface area contributed by atoms with E-state index in [0.717, 1.165) is 30.1 Å². The normalized spacial score (nSPS) is 24.0. The molecule has 2 aliphatic heterocycles. The van der Waals surface area contributed by atoms with Crippen molar-refractivity contribution < 1.29 is 4.74 Å². The summed E-state index contributed by atoms with van der Waals surface area (Å²) in [4.78, 5) is 8.47. The van der Waals surface area contributed by atoms with E-state index in [-0.39, 0.29) is 0 Å². The zero-order valence-electron chi connectivity index (χ0n) is 15.4. The van der Waals surface area contributed by atoms with Gasteiger partial charge in [-0.3, -0.25) is 0 Å². The highest BCUT2D eigenvalue weighted by Crippen LogP contribution is 2.27. The maximum Gasteiger partial charge on any atom is 0.129 e. The third-order valence-corrected chi connectivity index (χ3v) is 6.08. The van der Waals surface area contributed by atoms with Crippen molar-refractivity contribution in [3.8, 4) is 5.75 Å². The topological polar surface area (TPSA) is 31.5 Å². The molecule has 0 spiro atoms. The van der Waals surface area contributed by atoms with E-state index in [9.17, 15) is 0 Å². The minimum atomic E-state index is 0.356. The van der Waals surface area contributed by atoms with Gasteiger partial charge in [-0.05, 0) is 70.4 Å². The van der Waals surface area contributed by atoms with Crippen molar-refractivity contribution in [2.75, 3.05) is 33.2 Å². The van der Waals surface area contributed by atoms with Crippen LogP contribution >= 0.6 is 0 Å². The summed E-state index contributed by atoms with van der Waals surface area (Å²) in [6.07, 6.45) is 10.1. The lowest BCUT2D eigenvalue weighted by Gasteiger charge is -2.36. The predicted octanol–water partition coefficient (Wildman–Crippen LogP) is 3.89. The summed E-state index contributed by atoms with van der Waals surface area (Å²) in [5.74, 6) is 1.03. The monoisotopic (exact) mass is 341 g/mol. The molecule has 2 fully saturated rings. The minimum absolute atomic E-state index is 0.356. The fraction of sp³-hybridized carbons (Fsp3) is 0.619. The minimum Gasteiger partial charge on any atom is -0.490 e. The first-order valence-electron chi connectivity index (χ1n) is 9.95. The number of piperidine rings is 2. The van der Waals surface area contributed by atoms with Crippen molar-refractivity contribution in [2.24, 2.45) is 0 Å². The zero-order chi connectivity index (χ0) is 17.1.